The van der Waals surface area contributed by atoms with Crippen molar-refractivity contribution < 1.29 is 0 Å². The minimum absolute atomic E-state index is 0.0160. The van der Waals surface area contributed by atoms with Crippen LogP contribution < -0.4 is 5.32 Å². The van der Waals surface area contributed by atoms with Gasteiger partial charge >= 0.3 is 0 Å². The number of nitrogens with zero attached hydrogens (tertiary/aromatic N) is 2. The zero-order valence-corrected chi connectivity index (χ0v) is 12.8. The fraction of sp³-hybridized carbons (Fsp3) is 0.357. The fourth-order valence-corrected chi connectivity index (χ4v) is 2.77. The summed E-state index contributed by atoms with van der Waals surface area (Å²) in [6.45, 7) is 4.96. The van der Waals surface area contributed by atoms with Crippen LogP contribution in [0.15, 0.2) is 24.4 Å². The molecule has 19 heavy (non-hydrogen) atoms. The maximum atomic E-state index is 6.26. The van der Waals surface area contributed by atoms with Crippen molar-refractivity contribution in [2.24, 2.45) is 7.05 Å². The van der Waals surface area contributed by atoms with Gasteiger partial charge in [-0.05, 0) is 36.7 Å². The summed E-state index contributed by atoms with van der Waals surface area (Å²) in [6, 6.07) is 5.92. The summed E-state index contributed by atoms with van der Waals surface area (Å²) in [5.74, 6) is 0. The van der Waals surface area contributed by atoms with Crippen LogP contribution in [0, 0.1) is 6.92 Å². The highest BCUT2D eigenvalue weighted by atomic mass is 35.5. The molecule has 0 aliphatic heterocycles. The van der Waals surface area contributed by atoms with Gasteiger partial charge in [0.2, 0.25) is 0 Å². The summed E-state index contributed by atoms with van der Waals surface area (Å²) in [4.78, 5) is 0. The first-order chi connectivity index (χ1) is 9.04. The SMILES string of the molecule is CCNC(c1ccc(Cl)cc1C)c1c(Cl)cnn1C. The molecular weight excluding hydrogens is 281 g/mol. The monoisotopic (exact) mass is 297 g/mol. The van der Waals surface area contributed by atoms with Crippen LogP contribution in [0.4, 0.5) is 0 Å². The van der Waals surface area contributed by atoms with E-state index in [2.05, 4.69) is 24.3 Å². The van der Waals surface area contributed by atoms with Crippen molar-refractivity contribution in [3.8, 4) is 0 Å². The third-order valence-electron chi connectivity index (χ3n) is 3.16. The molecule has 1 aromatic heterocycles. The molecule has 3 nitrogen and oxygen atoms in total. The lowest BCUT2D eigenvalue weighted by Gasteiger charge is -2.21. The van der Waals surface area contributed by atoms with E-state index >= 15 is 0 Å². The van der Waals surface area contributed by atoms with Gasteiger partial charge < -0.3 is 5.32 Å². The molecule has 1 N–H and O–H groups in total. The predicted octanol–water partition coefficient (Wildman–Crippen LogP) is 3.73. The highest BCUT2D eigenvalue weighted by Crippen LogP contribution is 2.30. The molecule has 0 saturated carbocycles. The van der Waals surface area contributed by atoms with Gasteiger partial charge in [0.1, 0.15) is 0 Å². The van der Waals surface area contributed by atoms with Gasteiger partial charge in [0, 0.05) is 12.1 Å². The van der Waals surface area contributed by atoms with E-state index < -0.39 is 0 Å². The summed E-state index contributed by atoms with van der Waals surface area (Å²) in [7, 11) is 1.90. The van der Waals surface area contributed by atoms with Crippen LogP contribution in [-0.4, -0.2) is 16.3 Å². The number of hydrogen-bond acceptors (Lipinski definition) is 2. The number of hydrogen-bond donors (Lipinski definition) is 1. The minimum Gasteiger partial charge on any atom is -0.305 e. The van der Waals surface area contributed by atoms with E-state index in [0.29, 0.717) is 5.02 Å². The maximum absolute atomic E-state index is 6.26. The Kier molecular flexibility index (Phi) is 4.50. The van der Waals surface area contributed by atoms with Gasteiger partial charge in [0.15, 0.2) is 0 Å². The highest BCUT2D eigenvalue weighted by Gasteiger charge is 2.21. The molecule has 0 aliphatic rings. The minimum atomic E-state index is 0.0160. The largest absolute Gasteiger partial charge is 0.305 e. The van der Waals surface area contributed by atoms with E-state index in [1.807, 2.05) is 29.9 Å². The number of rotatable bonds is 4. The lowest BCUT2D eigenvalue weighted by Crippen LogP contribution is -2.25. The van der Waals surface area contributed by atoms with Crippen molar-refractivity contribution >= 4 is 23.2 Å². The average Bonchev–Trinajstić information content (AvgIpc) is 2.67. The van der Waals surface area contributed by atoms with E-state index in [4.69, 9.17) is 23.2 Å². The molecule has 0 radical (unpaired) electrons. The van der Waals surface area contributed by atoms with Gasteiger partial charge in [-0.3, -0.25) is 4.68 Å². The Morgan fingerprint density at radius 2 is 2.11 bits per heavy atom. The van der Waals surface area contributed by atoms with Crippen LogP contribution in [-0.2, 0) is 7.05 Å². The topological polar surface area (TPSA) is 29.9 Å². The number of nitrogens with one attached hydrogen (secondary N) is 1. The highest BCUT2D eigenvalue weighted by molar-refractivity contribution is 6.31. The van der Waals surface area contributed by atoms with Crippen LogP contribution >= 0.6 is 23.2 Å². The summed E-state index contributed by atoms with van der Waals surface area (Å²) in [5, 5.41) is 9.08. The molecule has 0 amide bonds. The van der Waals surface area contributed by atoms with E-state index in [1.165, 1.54) is 0 Å². The van der Waals surface area contributed by atoms with Crippen LogP contribution in [0.25, 0.3) is 0 Å². The second kappa shape index (κ2) is 5.95. The first-order valence-electron chi connectivity index (χ1n) is 6.21. The van der Waals surface area contributed by atoms with Crippen molar-refractivity contribution in [2.45, 2.75) is 19.9 Å². The Morgan fingerprint density at radius 3 is 2.63 bits per heavy atom. The second-order valence-corrected chi connectivity index (χ2v) is 5.34. The van der Waals surface area contributed by atoms with E-state index in [0.717, 1.165) is 28.4 Å². The molecule has 0 saturated heterocycles. The Morgan fingerprint density at radius 1 is 1.37 bits per heavy atom. The lowest BCUT2D eigenvalue weighted by molar-refractivity contribution is 0.571. The second-order valence-electron chi connectivity index (χ2n) is 4.49. The Balaban J connectivity index is 2.51. The average molecular weight is 298 g/mol. The van der Waals surface area contributed by atoms with Crippen LogP contribution in [0.5, 0.6) is 0 Å². The summed E-state index contributed by atoms with van der Waals surface area (Å²) >= 11 is 12.3. The zero-order valence-electron chi connectivity index (χ0n) is 11.2. The number of aryl methyl sites for hydroxylation is 2. The molecule has 0 bridgehead atoms. The molecule has 1 atom stereocenters. The van der Waals surface area contributed by atoms with Crippen molar-refractivity contribution in [3.63, 3.8) is 0 Å². The smallest absolute Gasteiger partial charge is 0.0837 e. The van der Waals surface area contributed by atoms with Crippen LogP contribution in [0.3, 0.4) is 0 Å². The standard InChI is InChI=1S/C14H17Cl2N3/c1-4-17-13(14-12(16)8-18-19(14)3)11-6-5-10(15)7-9(11)2/h5-8,13,17H,4H2,1-3H3. The van der Waals surface area contributed by atoms with Gasteiger partial charge in [-0.2, -0.15) is 5.10 Å². The van der Waals surface area contributed by atoms with Crippen molar-refractivity contribution in [2.75, 3.05) is 6.54 Å². The molecular formula is C14H17Cl2N3. The number of aromatic nitrogens is 2. The molecule has 5 heteroatoms. The Bertz CT molecular complexity index is 559. The molecule has 1 aromatic carbocycles. The molecule has 1 heterocycles. The van der Waals surface area contributed by atoms with Crippen molar-refractivity contribution in [1.29, 1.82) is 0 Å². The molecule has 2 aromatic rings. The molecule has 2 rings (SSSR count). The lowest BCUT2D eigenvalue weighted by atomic mass is 9.98. The van der Waals surface area contributed by atoms with Gasteiger partial charge in [0.05, 0.1) is 23.0 Å². The maximum Gasteiger partial charge on any atom is 0.0837 e. The fourth-order valence-electron chi connectivity index (χ4n) is 2.27. The Hall–Kier alpha value is -1.03. The quantitative estimate of drug-likeness (QED) is 0.932. The zero-order chi connectivity index (χ0) is 14.0. The van der Waals surface area contributed by atoms with Gasteiger partial charge in [-0.25, -0.2) is 0 Å². The molecule has 102 valence electrons. The van der Waals surface area contributed by atoms with Crippen LogP contribution in [0.1, 0.15) is 29.8 Å². The first kappa shape index (κ1) is 14.4. The summed E-state index contributed by atoms with van der Waals surface area (Å²) in [6.07, 6.45) is 1.67. The predicted molar refractivity (Wildman–Crippen MR) is 79.9 cm³/mol. The summed E-state index contributed by atoms with van der Waals surface area (Å²) in [5.41, 5.74) is 3.27. The van der Waals surface area contributed by atoms with E-state index in [-0.39, 0.29) is 6.04 Å². The van der Waals surface area contributed by atoms with Gasteiger partial charge in [-0.1, -0.05) is 36.2 Å². The van der Waals surface area contributed by atoms with E-state index in [1.54, 1.807) is 6.20 Å². The Labute approximate surface area is 123 Å². The van der Waals surface area contributed by atoms with Gasteiger partial charge in [0.25, 0.3) is 0 Å². The molecule has 0 aliphatic carbocycles. The molecule has 0 fully saturated rings. The number of benzene rings is 1. The first-order valence-corrected chi connectivity index (χ1v) is 6.97. The van der Waals surface area contributed by atoms with Gasteiger partial charge in [-0.15, -0.1) is 0 Å². The molecule has 0 spiro atoms. The number of halogens is 2. The van der Waals surface area contributed by atoms with Crippen LogP contribution in [0.2, 0.25) is 10.0 Å². The van der Waals surface area contributed by atoms with Crippen molar-refractivity contribution in [3.05, 3.63) is 51.3 Å². The summed E-state index contributed by atoms with van der Waals surface area (Å²) < 4.78 is 1.81. The molecule has 1 unspecified atom stereocenters. The third kappa shape index (κ3) is 2.94. The van der Waals surface area contributed by atoms with E-state index in [9.17, 15) is 0 Å². The third-order valence-corrected chi connectivity index (χ3v) is 3.69. The normalized spacial score (nSPS) is 12.7. The van der Waals surface area contributed by atoms with Crippen molar-refractivity contribution in [1.82, 2.24) is 15.1 Å².